The highest BCUT2D eigenvalue weighted by molar-refractivity contribution is 5.70. The molecule has 1 aromatic carbocycles. The highest BCUT2D eigenvalue weighted by Gasteiger charge is 2.34. The predicted octanol–water partition coefficient (Wildman–Crippen LogP) is 3.70. The van der Waals surface area contributed by atoms with Crippen LogP contribution in [-0.2, 0) is 16.1 Å². The Morgan fingerprint density at radius 1 is 1.24 bits per heavy atom. The van der Waals surface area contributed by atoms with E-state index in [1.165, 1.54) is 0 Å². The molecule has 1 heterocycles. The first kappa shape index (κ1) is 19.1. The first-order valence-corrected chi connectivity index (χ1v) is 8.73. The van der Waals surface area contributed by atoms with Crippen LogP contribution < -0.4 is 5.32 Å². The fourth-order valence-corrected chi connectivity index (χ4v) is 2.83. The number of hydrogen-bond donors (Lipinski definition) is 1. The van der Waals surface area contributed by atoms with Crippen molar-refractivity contribution in [3.63, 3.8) is 0 Å². The van der Waals surface area contributed by atoms with Crippen LogP contribution in [0.2, 0.25) is 0 Å². The molecule has 1 saturated heterocycles. The molecule has 0 unspecified atom stereocenters. The first-order chi connectivity index (χ1) is 11.8. The van der Waals surface area contributed by atoms with Gasteiger partial charge < -0.3 is 19.7 Å². The smallest absolute Gasteiger partial charge is 0.410 e. The average Bonchev–Trinajstić information content (AvgIpc) is 2.54. The van der Waals surface area contributed by atoms with E-state index in [-0.39, 0.29) is 24.8 Å². The Kier molecular flexibility index (Phi) is 6.28. The lowest BCUT2D eigenvalue weighted by molar-refractivity contribution is 0.00666. The molecule has 0 radical (unpaired) electrons. The lowest BCUT2D eigenvalue weighted by Crippen LogP contribution is -2.56. The van der Waals surface area contributed by atoms with E-state index in [9.17, 15) is 9.59 Å². The summed E-state index contributed by atoms with van der Waals surface area (Å²) < 4.78 is 10.7. The van der Waals surface area contributed by atoms with Gasteiger partial charge in [-0.3, -0.25) is 0 Å². The fraction of sp³-hybridized carbons (Fsp3) is 0.579. The van der Waals surface area contributed by atoms with Crippen molar-refractivity contribution in [2.45, 2.75) is 64.8 Å². The van der Waals surface area contributed by atoms with Crippen molar-refractivity contribution in [2.75, 3.05) is 6.54 Å². The maximum atomic E-state index is 12.3. The van der Waals surface area contributed by atoms with Crippen LogP contribution in [0.25, 0.3) is 0 Å². The first-order valence-electron chi connectivity index (χ1n) is 8.73. The largest absolute Gasteiger partial charge is 0.445 e. The molecule has 25 heavy (non-hydrogen) atoms. The number of amides is 2. The van der Waals surface area contributed by atoms with Crippen LogP contribution in [0, 0.1) is 0 Å². The van der Waals surface area contributed by atoms with E-state index < -0.39 is 11.7 Å². The van der Waals surface area contributed by atoms with Crippen molar-refractivity contribution in [3.8, 4) is 0 Å². The molecule has 6 nitrogen and oxygen atoms in total. The second-order valence-electron chi connectivity index (χ2n) is 7.37. The molecule has 0 aromatic heterocycles. The van der Waals surface area contributed by atoms with Gasteiger partial charge in [0.2, 0.25) is 0 Å². The van der Waals surface area contributed by atoms with Gasteiger partial charge in [0.25, 0.3) is 0 Å². The van der Waals surface area contributed by atoms with Crippen molar-refractivity contribution in [2.24, 2.45) is 0 Å². The number of nitrogens with one attached hydrogen (secondary N) is 1. The Morgan fingerprint density at radius 3 is 2.56 bits per heavy atom. The summed E-state index contributed by atoms with van der Waals surface area (Å²) in [6.45, 7) is 8.31. The van der Waals surface area contributed by atoms with Gasteiger partial charge in [0.1, 0.15) is 12.2 Å². The van der Waals surface area contributed by atoms with Crippen LogP contribution in [-0.4, -0.2) is 41.3 Å². The molecule has 0 spiro atoms. The van der Waals surface area contributed by atoms with Crippen LogP contribution in [0.1, 0.15) is 46.1 Å². The number of nitrogens with zero attached hydrogens (tertiary/aromatic N) is 1. The highest BCUT2D eigenvalue weighted by atomic mass is 16.6. The zero-order chi connectivity index (χ0) is 18.4. The van der Waals surface area contributed by atoms with Crippen molar-refractivity contribution >= 4 is 12.2 Å². The number of carbonyl (C=O) groups excluding carboxylic acids is 2. The van der Waals surface area contributed by atoms with E-state index in [1.807, 2.05) is 58.0 Å². The maximum Gasteiger partial charge on any atom is 0.410 e. The van der Waals surface area contributed by atoms with Crippen LogP contribution >= 0.6 is 0 Å². The Hall–Kier alpha value is -2.24. The van der Waals surface area contributed by atoms with Gasteiger partial charge >= 0.3 is 12.2 Å². The predicted molar refractivity (Wildman–Crippen MR) is 95.2 cm³/mol. The van der Waals surface area contributed by atoms with E-state index in [0.29, 0.717) is 6.54 Å². The van der Waals surface area contributed by atoms with Crippen LogP contribution in [0.5, 0.6) is 0 Å². The van der Waals surface area contributed by atoms with Crippen molar-refractivity contribution in [1.29, 1.82) is 0 Å². The van der Waals surface area contributed by atoms with Crippen LogP contribution in [0.4, 0.5) is 9.59 Å². The summed E-state index contributed by atoms with van der Waals surface area (Å²) in [5, 5.41) is 2.88. The zero-order valence-corrected chi connectivity index (χ0v) is 15.5. The fourth-order valence-electron chi connectivity index (χ4n) is 2.83. The molecular formula is C19H28N2O4. The summed E-state index contributed by atoms with van der Waals surface area (Å²) in [7, 11) is 0. The van der Waals surface area contributed by atoms with Gasteiger partial charge in [-0.2, -0.15) is 0 Å². The maximum absolute atomic E-state index is 12.3. The van der Waals surface area contributed by atoms with Gasteiger partial charge in [-0.15, -0.1) is 0 Å². The van der Waals surface area contributed by atoms with Gasteiger partial charge in [-0.25, -0.2) is 9.59 Å². The molecule has 6 heteroatoms. The molecule has 0 bridgehead atoms. The number of benzene rings is 1. The quantitative estimate of drug-likeness (QED) is 0.904. The molecule has 0 saturated carbocycles. The lowest BCUT2D eigenvalue weighted by atomic mass is 9.98. The SMILES string of the molecule is C[C@@H]1[C@@H](NC(=O)OCc2ccccc2)CCCN1C(=O)OC(C)(C)C. The Bertz CT molecular complexity index is 583. The average molecular weight is 348 g/mol. The van der Waals surface area contributed by atoms with E-state index in [1.54, 1.807) is 4.90 Å². The molecule has 2 atom stereocenters. The van der Waals surface area contributed by atoms with Gasteiger partial charge in [0.05, 0.1) is 12.1 Å². The number of hydrogen-bond acceptors (Lipinski definition) is 4. The van der Waals surface area contributed by atoms with Crippen LogP contribution in [0.3, 0.4) is 0 Å². The molecule has 0 aliphatic carbocycles. The molecule has 1 fully saturated rings. The van der Waals surface area contributed by atoms with E-state index in [0.717, 1.165) is 18.4 Å². The molecule has 2 rings (SSSR count). The van der Waals surface area contributed by atoms with E-state index in [2.05, 4.69) is 5.32 Å². The summed E-state index contributed by atoms with van der Waals surface area (Å²) in [6, 6.07) is 9.23. The van der Waals surface area contributed by atoms with E-state index >= 15 is 0 Å². The molecule has 2 amide bonds. The molecular weight excluding hydrogens is 320 g/mol. The molecule has 1 aliphatic rings. The number of alkyl carbamates (subject to hydrolysis) is 1. The molecule has 1 N–H and O–H groups in total. The topological polar surface area (TPSA) is 67.9 Å². The van der Waals surface area contributed by atoms with Crippen molar-refractivity contribution in [3.05, 3.63) is 35.9 Å². The Balaban J connectivity index is 1.86. The van der Waals surface area contributed by atoms with Gasteiger partial charge in [-0.1, -0.05) is 30.3 Å². The summed E-state index contributed by atoms with van der Waals surface area (Å²) in [5.74, 6) is 0. The minimum Gasteiger partial charge on any atom is -0.445 e. The van der Waals surface area contributed by atoms with Gasteiger partial charge in [0.15, 0.2) is 0 Å². The zero-order valence-electron chi connectivity index (χ0n) is 15.5. The Labute approximate surface area is 149 Å². The second kappa shape index (κ2) is 8.23. The molecule has 138 valence electrons. The number of carbonyl (C=O) groups is 2. The third-order valence-corrected chi connectivity index (χ3v) is 4.13. The summed E-state index contributed by atoms with van der Waals surface area (Å²) in [5.41, 5.74) is 0.399. The third kappa shape index (κ3) is 5.96. The van der Waals surface area contributed by atoms with E-state index in [4.69, 9.17) is 9.47 Å². The number of piperidine rings is 1. The number of likely N-dealkylation sites (tertiary alicyclic amines) is 1. The van der Waals surface area contributed by atoms with Gasteiger partial charge in [0, 0.05) is 6.54 Å². The van der Waals surface area contributed by atoms with Crippen molar-refractivity contribution in [1.82, 2.24) is 10.2 Å². The van der Waals surface area contributed by atoms with Crippen molar-refractivity contribution < 1.29 is 19.1 Å². The summed E-state index contributed by atoms with van der Waals surface area (Å²) >= 11 is 0. The minimum absolute atomic E-state index is 0.145. The highest BCUT2D eigenvalue weighted by Crippen LogP contribution is 2.21. The lowest BCUT2D eigenvalue weighted by Gasteiger charge is -2.39. The second-order valence-corrected chi connectivity index (χ2v) is 7.37. The number of ether oxygens (including phenoxy) is 2. The standard InChI is InChI=1S/C19H28N2O4/c1-14-16(11-8-12-21(14)18(23)25-19(2,3)4)20-17(22)24-13-15-9-6-5-7-10-15/h5-7,9-10,14,16H,8,11-13H2,1-4H3,(H,20,22)/t14-,16+/m1/s1. The Morgan fingerprint density at radius 2 is 1.92 bits per heavy atom. The normalized spacial score (nSPS) is 20.7. The monoisotopic (exact) mass is 348 g/mol. The molecule has 1 aromatic rings. The third-order valence-electron chi connectivity index (χ3n) is 4.13. The van der Waals surface area contributed by atoms with Gasteiger partial charge in [-0.05, 0) is 46.1 Å². The number of rotatable bonds is 3. The summed E-state index contributed by atoms with van der Waals surface area (Å²) in [4.78, 5) is 26.1. The molecule has 1 aliphatic heterocycles. The minimum atomic E-state index is -0.536. The summed E-state index contributed by atoms with van der Waals surface area (Å²) in [6.07, 6.45) is 0.810. The van der Waals surface area contributed by atoms with Crippen LogP contribution in [0.15, 0.2) is 30.3 Å².